The molecule has 0 fully saturated rings. The third-order valence-electron chi connectivity index (χ3n) is 8.72. The molecule has 0 rings (SSSR count). The van der Waals surface area contributed by atoms with Crippen LogP contribution in [-0.4, -0.2) is 50.7 Å². The Balaban J connectivity index is 4.20. The molecule has 7 nitrogen and oxygen atoms in total. The van der Waals surface area contributed by atoms with E-state index < -0.39 is 19.8 Å². The van der Waals surface area contributed by atoms with Crippen molar-refractivity contribution >= 4 is 19.8 Å². The first-order valence-electron chi connectivity index (χ1n) is 20.4. The van der Waals surface area contributed by atoms with Gasteiger partial charge in [-0.3, -0.25) is 14.1 Å². The molecular formula is C41H79NO6P+. The van der Waals surface area contributed by atoms with Crippen molar-refractivity contribution in [3.8, 4) is 0 Å². The van der Waals surface area contributed by atoms with Crippen LogP contribution in [0.15, 0.2) is 24.3 Å². The van der Waals surface area contributed by atoms with Gasteiger partial charge in [-0.25, -0.2) is 4.57 Å². The molecule has 0 unspecified atom stereocenters. The molecule has 0 aromatic heterocycles. The van der Waals surface area contributed by atoms with Crippen LogP contribution in [0, 0.1) is 0 Å². The summed E-state index contributed by atoms with van der Waals surface area (Å²) < 4.78 is 29.7. The van der Waals surface area contributed by atoms with Crippen LogP contribution in [0.4, 0.5) is 0 Å². The number of hydrogen-bond donors (Lipinski definition) is 0. The van der Waals surface area contributed by atoms with Gasteiger partial charge in [0.05, 0.1) is 21.1 Å². The third kappa shape index (κ3) is 36.2. The van der Waals surface area contributed by atoms with Gasteiger partial charge in [0.2, 0.25) is 0 Å². The maximum absolute atomic E-state index is 13.3. The molecule has 0 saturated carbocycles. The fourth-order valence-electron chi connectivity index (χ4n) is 5.52. The molecule has 288 valence electrons. The second-order valence-corrected chi connectivity index (χ2v) is 16.4. The zero-order valence-electron chi connectivity index (χ0n) is 32.9. The number of nitrogens with zero attached hydrogens (tertiary/aromatic N) is 1. The number of phosphoric acid groups is 1. The van der Waals surface area contributed by atoms with E-state index in [2.05, 4.69) is 38.2 Å². The zero-order valence-corrected chi connectivity index (χ0v) is 33.8. The largest absolute Gasteiger partial charge is 0.592 e. The summed E-state index contributed by atoms with van der Waals surface area (Å²) in [6.45, 7) is 5.09. The minimum atomic E-state index is -4.32. The minimum absolute atomic E-state index is 0.0577. The van der Waals surface area contributed by atoms with Crippen molar-refractivity contribution in [3.05, 3.63) is 24.3 Å². The van der Waals surface area contributed by atoms with E-state index in [4.69, 9.17) is 13.6 Å². The normalized spacial score (nSPS) is 13.3. The van der Waals surface area contributed by atoms with Crippen LogP contribution in [0.3, 0.4) is 0 Å². The lowest BCUT2D eigenvalue weighted by Crippen LogP contribution is -2.37. The Morgan fingerprint density at radius 1 is 0.490 bits per heavy atom. The second kappa shape index (κ2) is 33.7. The summed E-state index contributed by atoms with van der Waals surface area (Å²) in [7, 11) is 1.61. The molecular weight excluding hydrogens is 633 g/mol. The van der Waals surface area contributed by atoms with Crippen LogP contribution in [-0.2, 0) is 27.7 Å². The summed E-state index contributed by atoms with van der Waals surface area (Å²) in [5.41, 5.74) is 0. The summed E-state index contributed by atoms with van der Waals surface area (Å²) in [4.78, 5) is 25.1. The molecule has 0 aliphatic rings. The van der Waals surface area contributed by atoms with Crippen LogP contribution in [0.1, 0.15) is 194 Å². The molecule has 0 amide bonds. The molecule has 49 heavy (non-hydrogen) atoms. The van der Waals surface area contributed by atoms with Crippen LogP contribution < -0.4 is 0 Å². The predicted molar refractivity (Wildman–Crippen MR) is 208 cm³/mol. The van der Waals surface area contributed by atoms with Crippen LogP contribution in [0.5, 0.6) is 0 Å². The smallest absolute Gasteiger partial charge is 0.361 e. The number of rotatable bonds is 36. The van der Waals surface area contributed by atoms with Gasteiger partial charge in [-0.15, -0.1) is 0 Å². The lowest BCUT2D eigenvalue weighted by molar-refractivity contribution is -0.870. The monoisotopic (exact) mass is 713 g/mol. The summed E-state index contributed by atoms with van der Waals surface area (Å²) in [5, 5.41) is 0. The van der Waals surface area contributed by atoms with E-state index in [0.717, 1.165) is 64.2 Å². The highest BCUT2D eigenvalue weighted by molar-refractivity contribution is 7.49. The standard InChI is InChI=1S/C41H79NO6P/c1-6-8-10-12-14-16-18-20-22-24-26-28-30-32-34-36-40(43)47-49(45,46-39-38-42(3,4)5)48-41(44)37-35-33-31-29-27-25-23-21-19-17-15-13-11-9-7-2/h20-23H,6-19,24-39H2,1-5H3/q+1. The SMILES string of the molecule is CCCCCCCCC=CCCCCCCCC(=O)OP(=O)(OCC[N+](C)(C)C)OC(=O)CCCCCCCC=CCCCCCCCC. The molecule has 0 bridgehead atoms. The average molecular weight is 713 g/mol. The summed E-state index contributed by atoms with van der Waals surface area (Å²) in [5.74, 6) is -1.28. The Labute approximate surface area is 303 Å². The van der Waals surface area contributed by atoms with Crippen molar-refractivity contribution in [1.82, 2.24) is 0 Å². The van der Waals surface area contributed by atoms with E-state index in [1.807, 2.05) is 21.1 Å². The number of carbonyl (C=O) groups is 2. The second-order valence-electron chi connectivity index (χ2n) is 14.9. The zero-order chi connectivity index (χ0) is 36.3. The number of unbranched alkanes of at least 4 members (excludes halogenated alkanes) is 22. The third-order valence-corrected chi connectivity index (χ3v) is 10.1. The molecule has 0 aliphatic heterocycles. The number of hydrogen-bond acceptors (Lipinski definition) is 6. The van der Waals surface area contributed by atoms with Crippen molar-refractivity contribution in [1.29, 1.82) is 0 Å². The average Bonchev–Trinajstić information content (AvgIpc) is 3.04. The maximum Gasteiger partial charge on any atom is 0.592 e. The summed E-state index contributed by atoms with van der Waals surface area (Å²) >= 11 is 0. The quantitative estimate of drug-likeness (QED) is 0.0278. The molecule has 0 radical (unpaired) electrons. The highest BCUT2D eigenvalue weighted by Crippen LogP contribution is 2.50. The van der Waals surface area contributed by atoms with E-state index >= 15 is 0 Å². The van der Waals surface area contributed by atoms with E-state index in [0.29, 0.717) is 23.9 Å². The van der Waals surface area contributed by atoms with Crippen molar-refractivity contribution < 1.29 is 32.2 Å². The van der Waals surface area contributed by atoms with Crippen molar-refractivity contribution in [2.45, 2.75) is 194 Å². The molecule has 0 atom stereocenters. The number of carbonyl (C=O) groups excluding carboxylic acids is 2. The van der Waals surface area contributed by atoms with Gasteiger partial charge in [0.1, 0.15) is 13.2 Å². The van der Waals surface area contributed by atoms with Gasteiger partial charge in [0, 0.05) is 12.8 Å². The molecule has 0 N–H and O–H groups in total. The Morgan fingerprint density at radius 2 is 0.796 bits per heavy atom. The molecule has 0 heterocycles. The first-order valence-corrected chi connectivity index (χ1v) is 21.9. The van der Waals surface area contributed by atoms with Gasteiger partial charge < -0.3 is 13.5 Å². The van der Waals surface area contributed by atoms with Crippen molar-refractivity contribution in [3.63, 3.8) is 0 Å². The highest BCUT2D eigenvalue weighted by atomic mass is 31.2. The van der Waals surface area contributed by atoms with Gasteiger partial charge in [-0.05, 0) is 64.2 Å². The predicted octanol–water partition coefficient (Wildman–Crippen LogP) is 13.0. The number of allylic oxidation sites excluding steroid dienone is 4. The molecule has 0 aliphatic carbocycles. The van der Waals surface area contributed by atoms with E-state index in [1.165, 1.54) is 89.9 Å². The van der Waals surface area contributed by atoms with Gasteiger partial charge in [-0.1, -0.05) is 141 Å². The lowest BCUT2D eigenvalue weighted by atomic mass is 10.1. The Hall–Kier alpha value is -1.43. The van der Waals surface area contributed by atoms with Gasteiger partial charge in [-0.2, -0.15) is 0 Å². The van der Waals surface area contributed by atoms with Gasteiger partial charge in [0.15, 0.2) is 0 Å². The summed E-state index contributed by atoms with van der Waals surface area (Å²) in [6.07, 6.45) is 39.9. The molecule has 8 heteroatoms. The van der Waals surface area contributed by atoms with Crippen molar-refractivity contribution in [2.75, 3.05) is 34.3 Å². The lowest BCUT2D eigenvalue weighted by Gasteiger charge is -2.24. The van der Waals surface area contributed by atoms with E-state index in [1.54, 1.807) is 0 Å². The van der Waals surface area contributed by atoms with Gasteiger partial charge >= 0.3 is 19.8 Å². The first-order chi connectivity index (χ1) is 23.6. The Morgan fingerprint density at radius 3 is 1.12 bits per heavy atom. The first kappa shape index (κ1) is 47.6. The number of quaternary nitrogens is 1. The van der Waals surface area contributed by atoms with E-state index in [-0.39, 0.29) is 19.4 Å². The fourth-order valence-corrected chi connectivity index (χ4v) is 6.65. The van der Waals surface area contributed by atoms with Crippen molar-refractivity contribution in [2.24, 2.45) is 0 Å². The molecule has 0 spiro atoms. The highest BCUT2D eigenvalue weighted by Gasteiger charge is 2.35. The molecule has 0 saturated heterocycles. The maximum atomic E-state index is 13.3. The number of likely N-dealkylation sites (N-methyl/N-ethyl adjacent to an activating group) is 1. The Kier molecular flexibility index (Phi) is 32.7. The molecule has 0 aromatic rings. The topological polar surface area (TPSA) is 78.9 Å². The Bertz CT molecular complexity index is 824. The van der Waals surface area contributed by atoms with Crippen LogP contribution in [0.25, 0.3) is 0 Å². The van der Waals surface area contributed by atoms with Gasteiger partial charge in [0.25, 0.3) is 0 Å². The summed E-state index contributed by atoms with van der Waals surface area (Å²) in [6, 6.07) is 0. The van der Waals surface area contributed by atoms with Crippen LogP contribution in [0.2, 0.25) is 0 Å². The molecule has 0 aromatic carbocycles. The van der Waals surface area contributed by atoms with Crippen LogP contribution >= 0.6 is 7.82 Å². The minimum Gasteiger partial charge on any atom is -0.361 e. The van der Waals surface area contributed by atoms with E-state index in [9.17, 15) is 14.2 Å². The number of phosphoric ester groups is 1. The fraction of sp³-hybridized carbons (Fsp3) is 0.854.